The Morgan fingerprint density at radius 1 is 1.21 bits per heavy atom. The molecule has 0 saturated carbocycles. The fourth-order valence-electron chi connectivity index (χ4n) is 2.63. The van der Waals surface area contributed by atoms with Crippen molar-refractivity contribution in [3.05, 3.63) is 47.0 Å². The zero-order valence-corrected chi connectivity index (χ0v) is 17.1. The van der Waals surface area contributed by atoms with Crippen LogP contribution in [0.25, 0.3) is 10.9 Å². The summed E-state index contributed by atoms with van der Waals surface area (Å²) in [7, 11) is 1.48. The first kappa shape index (κ1) is 20.5. The van der Waals surface area contributed by atoms with E-state index in [1.54, 1.807) is 18.2 Å². The van der Waals surface area contributed by atoms with E-state index in [2.05, 4.69) is 22.2 Å². The molecule has 2 aromatic carbocycles. The standard InChI is InChI=1S/C19H20ClF2N4OP/c1-2-3-8-24-17-13-10-12(5-6-15(13)25-18(23)26-17)27-16-7-4-11(9-14(16)20)19(21,22)28/h4-7,9-10H,2-3,8,28H2,1H3,(H3,23,24,25,26). The van der Waals surface area contributed by atoms with Gasteiger partial charge in [-0.25, -0.2) is 4.98 Å². The van der Waals surface area contributed by atoms with Gasteiger partial charge < -0.3 is 15.8 Å². The number of rotatable bonds is 7. The molecule has 5 nitrogen and oxygen atoms in total. The molecule has 0 aliphatic heterocycles. The molecule has 1 atom stereocenters. The van der Waals surface area contributed by atoms with E-state index in [0.29, 0.717) is 17.1 Å². The quantitative estimate of drug-likeness (QED) is 0.370. The number of nitrogens with zero attached hydrogens (tertiary/aromatic N) is 2. The first-order valence-electron chi connectivity index (χ1n) is 8.73. The van der Waals surface area contributed by atoms with Crippen LogP contribution in [0.5, 0.6) is 11.5 Å². The molecule has 0 fully saturated rings. The van der Waals surface area contributed by atoms with E-state index >= 15 is 0 Å². The van der Waals surface area contributed by atoms with Gasteiger partial charge in [-0.3, -0.25) is 0 Å². The molecule has 0 saturated heterocycles. The highest BCUT2D eigenvalue weighted by molar-refractivity contribution is 7.17. The number of hydrogen-bond donors (Lipinski definition) is 2. The van der Waals surface area contributed by atoms with Gasteiger partial charge in [0.25, 0.3) is 5.66 Å². The first-order chi connectivity index (χ1) is 13.3. The lowest BCUT2D eigenvalue weighted by Gasteiger charge is -2.14. The summed E-state index contributed by atoms with van der Waals surface area (Å²) in [6, 6.07) is 9.10. The van der Waals surface area contributed by atoms with E-state index < -0.39 is 5.66 Å². The lowest BCUT2D eigenvalue weighted by Crippen LogP contribution is -2.06. The molecule has 3 aromatic rings. The number of ether oxygens (including phenoxy) is 1. The third-order valence-corrected chi connectivity index (χ3v) is 4.68. The maximum absolute atomic E-state index is 13.4. The normalized spacial score (nSPS) is 11.6. The van der Waals surface area contributed by atoms with Crippen LogP contribution >= 0.6 is 20.8 Å². The van der Waals surface area contributed by atoms with Gasteiger partial charge in [0.15, 0.2) is 0 Å². The Morgan fingerprint density at radius 2 is 2.00 bits per heavy atom. The first-order valence-corrected chi connectivity index (χ1v) is 9.69. The number of fused-ring (bicyclic) bond motifs is 1. The molecule has 3 N–H and O–H groups in total. The minimum absolute atomic E-state index is 0.0922. The Bertz CT molecular complexity index is 998. The van der Waals surface area contributed by atoms with Gasteiger partial charge in [0.1, 0.15) is 17.3 Å². The van der Waals surface area contributed by atoms with Crippen molar-refractivity contribution < 1.29 is 13.5 Å². The van der Waals surface area contributed by atoms with E-state index in [4.69, 9.17) is 22.1 Å². The lowest BCUT2D eigenvalue weighted by molar-refractivity contribution is 0.104. The summed E-state index contributed by atoms with van der Waals surface area (Å²) in [4.78, 5) is 8.49. The largest absolute Gasteiger partial charge is 0.456 e. The van der Waals surface area contributed by atoms with Crippen molar-refractivity contribution in [1.82, 2.24) is 9.97 Å². The Balaban J connectivity index is 1.92. The molecular weight excluding hydrogens is 405 g/mol. The van der Waals surface area contributed by atoms with Crippen LogP contribution in [0.1, 0.15) is 25.3 Å². The number of nitrogen functional groups attached to an aromatic ring is 1. The molecule has 0 aliphatic rings. The summed E-state index contributed by atoms with van der Waals surface area (Å²) in [5.41, 5.74) is 3.19. The van der Waals surface area contributed by atoms with E-state index in [0.717, 1.165) is 24.8 Å². The van der Waals surface area contributed by atoms with Crippen LogP contribution in [0.4, 0.5) is 20.5 Å². The molecule has 28 heavy (non-hydrogen) atoms. The molecule has 0 spiro atoms. The molecule has 1 unspecified atom stereocenters. The molecule has 1 heterocycles. The molecule has 1 aromatic heterocycles. The summed E-state index contributed by atoms with van der Waals surface area (Å²) in [6.07, 6.45) is 2.04. The summed E-state index contributed by atoms with van der Waals surface area (Å²) < 4.78 is 32.6. The zero-order valence-electron chi connectivity index (χ0n) is 15.2. The van der Waals surface area contributed by atoms with Crippen LogP contribution in [0.15, 0.2) is 36.4 Å². The summed E-state index contributed by atoms with van der Waals surface area (Å²) >= 11 is 6.12. The minimum atomic E-state index is -3.05. The summed E-state index contributed by atoms with van der Waals surface area (Å²) in [5, 5.41) is 4.09. The predicted octanol–water partition coefficient (Wildman–Crippen LogP) is 5.79. The van der Waals surface area contributed by atoms with Crippen molar-refractivity contribution in [2.24, 2.45) is 0 Å². The highest BCUT2D eigenvalue weighted by Gasteiger charge is 2.25. The molecule has 9 heteroatoms. The fourth-order valence-corrected chi connectivity index (χ4v) is 3.02. The third kappa shape index (κ3) is 4.78. The fraction of sp³-hybridized carbons (Fsp3) is 0.263. The number of halogens is 3. The Morgan fingerprint density at radius 3 is 2.68 bits per heavy atom. The number of unbranched alkanes of at least 4 members (excludes halogenated alkanes) is 1. The van der Waals surface area contributed by atoms with Gasteiger partial charge in [0, 0.05) is 17.5 Å². The highest BCUT2D eigenvalue weighted by atomic mass is 35.5. The number of benzene rings is 2. The number of nitrogens with one attached hydrogen (secondary N) is 1. The maximum Gasteiger partial charge on any atom is 0.283 e. The van der Waals surface area contributed by atoms with Crippen molar-refractivity contribution >= 4 is 43.5 Å². The SMILES string of the molecule is CCCCNc1nc(N)nc2ccc(Oc3ccc(C(F)(F)P)cc3Cl)cc12. The molecule has 3 rings (SSSR count). The van der Waals surface area contributed by atoms with Crippen molar-refractivity contribution in [2.75, 3.05) is 17.6 Å². The summed E-state index contributed by atoms with van der Waals surface area (Å²) in [6.45, 7) is 2.85. The van der Waals surface area contributed by atoms with E-state index in [1.165, 1.54) is 27.4 Å². The van der Waals surface area contributed by atoms with Crippen molar-refractivity contribution in [2.45, 2.75) is 25.4 Å². The summed E-state index contributed by atoms with van der Waals surface area (Å²) in [5.74, 6) is 1.55. The van der Waals surface area contributed by atoms with Crippen LogP contribution < -0.4 is 15.8 Å². The second kappa shape index (κ2) is 8.41. The average Bonchev–Trinajstić information content (AvgIpc) is 2.63. The van der Waals surface area contributed by atoms with Gasteiger partial charge in [0.2, 0.25) is 5.95 Å². The van der Waals surface area contributed by atoms with Crippen molar-refractivity contribution in [3.8, 4) is 11.5 Å². The van der Waals surface area contributed by atoms with Crippen LogP contribution in [-0.2, 0) is 5.66 Å². The molecule has 0 aliphatic carbocycles. The van der Waals surface area contributed by atoms with Crippen LogP contribution in [0, 0.1) is 0 Å². The number of anilines is 2. The van der Waals surface area contributed by atoms with Crippen LogP contribution in [0.2, 0.25) is 5.02 Å². The zero-order chi connectivity index (χ0) is 20.3. The van der Waals surface area contributed by atoms with E-state index in [9.17, 15) is 8.78 Å². The number of alkyl halides is 2. The number of hydrogen-bond acceptors (Lipinski definition) is 5. The van der Waals surface area contributed by atoms with Gasteiger partial charge in [-0.05, 0) is 42.8 Å². The maximum atomic E-state index is 13.4. The number of nitrogens with two attached hydrogens (primary N) is 1. The van der Waals surface area contributed by atoms with Gasteiger partial charge in [0.05, 0.1) is 10.5 Å². The molecular formula is C19H20ClF2N4OP. The van der Waals surface area contributed by atoms with Gasteiger partial charge >= 0.3 is 0 Å². The Hall–Kier alpha value is -2.24. The van der Waals surface area contributed by atoms with E-state index in [1.807, 2.05) is 0 Å². The van der Waals surface area contributed by atoms with E-state index in [-0.39, 0.29) is 22.3 Å². The second-order valence-corrected chi connectivity index (χ2v) is 7.39. The van der Waals surface area contributed by atoms with Crippen molar-refractivity contribution in [1.29, 1.82) is 0 Å². The third-order valence-electron chi connectivity index (χ3n) is 4.05. The minimum Gasteiger partial charge on any atom is -0.456 e. The van der Waals surface area contributed by atoms with Crippen LogP contribution in [0.3, 0.4) is 0 Å². The van der Waals surface area contributed by atoms with Gasteiger partial charge in [-0.2, -0.15) is 13.8 Å². The van der Waals surface area contributed by atoms with Crippen LogP contribution in [-0.4, -0.2) is 16.5 Å². The highest BCUT2D eigenvalue weighted by Crippen LogP contribution is 2.39. The topological polar surface area (TPSA) is 73.1 Å². The molecule has 0 radical (unpaired) electrons. The molecule has 0 amide bonds. The Kier molecular flexibility index (Phi) is 6.16. The van der Waals surface area contributed by atoms with Gasteiger partial charge in [-0.15, -0.1) is 0 Å². The second-order valence-electron chi connectivity index (χ2n) is 6.26. The van der Waals surface area contributed by atoms with Gasteiger partial charge in [-0.1, -0.05) is 34.2 Å². The average molecular weight is 425 g/mol. The number of aromatic nitrogens is 2. The molecule has 0 bridgehead atoms. The monoisotopic (exact) mass is 424 g/mol. The predicted molar refractivity (Wildman–Crippen MR) is 112 cm³/mol. The smallest absolute Gasteiger partial charge is 0.283 e. The molecule has 148 valence electrons. The lowest BCUT2D eigenvalue weighted by atomic mass is 10.2. The van der Waals surface area contributed by atoms with Crippen molar-refractivity contribution in [3.63, 3.8) is 0 Å². The Labute approximate surface area is 168 Å².